The number of benzene rings is 1. The van der Waals surface area contributed by atoms with E-state index >= 15 is 0 Å². The van der Waals surface area contributed by atoms with Crippen LogP contribution in [0.1, 0.15) is 22.2 Å². The maximum atomic E-state index is 12.6. The molecule has 0 unspecified atom stereocenters. The van der Waals surface area contributed by atoms with Crippen LogP contribution in [0.5, 0.6) is 0 Å². The van der Waals surface area contributed by atoms with Crippen molar-refractivity contribution in [3.63, 3.8) is 0 Å². The van der Waals surface area contributed by atoms with Crippen molar-refractivity contribution in [2.24, 2.45) is 0 Å². The molecule has 0 aliphatic carbocycles. The zero-order valence-corrected chi connectivity index (χ0v) is 12.7. The van der Waals surface area contributed by atoms with Crippen molar-refractivity contribution in [1.82, 2.24) is 10.2 Å². The first-order valence-corrected chi connectivity index (χ1v) is 7.66. The van der Waals surface area contributed by atoms with Gasteiger partial charge in [0, 0.05) is 0 Å². The number of thiophene rings is 1. The van der Waals surface area contributed by atoms with Crippen LogP contribution in [-0.2, 0) is 10.3 Å². The minimum atomic E-state index is -1.13. The Kier molecular flexibility index (Phi) is 3.54. The summed E-state index contributed by atoms with van der Waals surface area (Å²) in [6.45, 7) is 1.41. The molecule has 1 aliphatic heterocycles. The van der Waals surface area contributed by atoms with E-state index in [1.165, 1.54) is 11.3 Å². The van der Waals surface area contributed by atoms with E-state index in [9.17, 15) is 14.4 Å². The van der Waals surface area contributed by atoms with Crippen LogP contribution in [0.25, 0.3) is 0 Å². The van der Waals surface area contributed by atoms with Crippen molar-refractivity contribution >= 4 is 29.1 Å². The van der Waals surface area contributed by atoms with E-state index in [0.717, 1.165) is 4.90 Å². The van der Waals surface area contributed by atoms with E-state index in [0.29, 0.717) is 10.4 Å². The number of ketones is 1. The van der Waals surface area contributed by atoms with Crippen molar-refractivity contribution in [3.05, 3.63) is 58.3 Å². The third-order valence-electron chi connectivity index (χ3n) is 3.72. The van der Waals surface area contributed by atoms with Gasteiger partial charge < -0.3 is 5.32 Å². The van der Waals surface area contributed by atoms with Crippen LogP contribution >= 0.6 is 11.3 Å². The van der Waals surface area contributed by atoms with E-state index in [4.69, 9.17) is 0 Å². The number of hydrogen-bond donors (Lipinski definition) is 1. The highest BCUT2D eigenvalue weighted by Crippen LogP contribution is 2.28. The highest BCUT2D eigenvalue weighted by atomic mass is 32.1. The molecule has 112 valence electrons. The molecular weight excluding hydrogens is 300 g/mol. The molecule has 1 aromatic heterocycles. The molecule has 6 heteroatoms. The number of carbonyl (C=O) groups is 3. The van der Waals surface area contributed by atoms with Crippen molar-refractivity contribution in [1.29, 1.82) is 0 Å². The second-order valence-corrected chi connectivity index (χ2v) is 6.16. The molecule has 1 aliphatic rings. The number of imide groups is 1. The van der Waals surface area contributed by atoms with E-state index in [2.05, 4.69) is 5.32 Å². The highest BCUT2D eigenvalue weighted by molar-refractivity contribution is 7.12. The molecule has 2 aromatic rings. The summed E-state index contributed by atoms with van der Waals surface area (Å²) < 4.78 is 0. The van der Waals surface area contributed by atoms with Gasteiger partial charge in [-0.2, -0.15) is 0 Å². The summed E-state index contributed by atoms with van der Waals surface area (Å²) in [5.41, 5.74) is -0.437. The van der Waals surface area contributed by atoms with Crippen LogP contribution in [0, 0.1) is 0 Å². The molecule has 1 aromatic carbocycles. The van der Waals surface area contributed by atoms with Crippen molar-refractivity contribution in [2.45, 2.75) is 12.5 Å². The Bertz CT molecular complexity index is 727. The lowest BCUT2D eigenvalue weighted by Crippen LogP contribution is -2.41. The zero-order valence-electron chi connectivity index (χ0n) is 11.9. The molecule has 5 nitrogen and oxygen atoms in total. The quantitative estimate of drug-likeness (QED) is 0.696. The molecule has 0 saturated carbocycles. The van der Waals surface area contributed by atoms with Crippen LogP contribution in [0.4, 0.5) is 4.79 Å². The van der Waals surface area contributed by atoms with Gasteiger partial charge >= 0.3 is 6.03 Å². The number of nitrogens with one attached hydrogen (secondary N) is 1. The Morgan fingerprint density at radius 1 is 1.18 bits per heavy atom. The van der Waals surface area contributed by atoms with Crippen LogP contribution in [0.3, 0.4) is 0 Å². The van der Waals surface area contributed by atoms with Crippen molar-refractivity contribution in [3.8, 4) is 0 Å². The summed E-state index contributed by atoms with van der Waals surface area (Å²) in [6.07, 6.45) is 0. The van der Waals surface area contributed by atoms with E-state index in [1.807, 2.05) is 6.07 Å². The Morgan fingerprint density at radius 3 is 2.55 bits per heavy atom. The molecular formula is C16H14N2O3S. The highest BCUT2D eigenvalue weighted by Gasteiger charge is 2.49. The monoisotopic (exact) mass is 314 g/mol. The van der Waals surface area contributed by atoms with Gasteiger partial charge in [0.05, 0.1) is 11.4 Å². The maximum absolute atomic E-state index is 12.6. The number of hydrogen-bond acceptors (Lipinski definition) is 4. The second-order valence-electron chi connectivity index (χ2n) is 5.21. The molecule has 2 heterocycles. The first kappa shape index (κ1) is 14.5. The van der Waals surface area contributed by atoms with Gasteiger partial charge in [0.25, 0.3) is 5.91 Å². The molecule has 0 spiro atoms. The summed E-state index contributed by atoms with van der Waals surface area (Å²) in [7, 11) is 0. The molecule has 1 N–H and O–H groups in total. The summed E-state index contributed by atoms with van der Waals surface area (Å²) in [4.78, 5) is 38.4. The van der Waals surface area contributed by atoms with Crippen LogP contribution < -0.4 is 5.32 Å². The minimum Gasteiger partial charge on any atom is -0.319 e. The number of nitrogens with zero attached hydrogens (tertiary/aromatic N) is 1. The molecule has 3 rings (SSSR count). The third-order valence-corrected chi connectivity index (χ3v) is 4.63. The fraction of sp³-hybridized carbons (Fsp3) is 0.188. The van der Waals surface area contributed by atoms with Crippen molar-refractivity contribution in [2.75, 3.05) is 6.54 Å². The predicted molar refractivity (Wildman–Crippen MR) is 82.7 cm³/mol. The minimum absolute atomic E-state index is 0.240. The lowest BCUT2D eigenvalue weighted by Gasteiger charge is -2.21. The Hall–Kier alpha value is -2.47. The van der Waals surface area contributed by atoms with Crippen LogP contribution in [0.2, 0.25) is 0 Å². The molecule has 1 saturated heterocycles. The molecule has 3 amide bonds. The van der Waals surface area contributed by atoms with Gasteiger partial charge in [0.15, 0.2) is 5.78 Å². The SMILES string of the molecule is C[C@@]1(c2ccccc2)NC(=O)N(CC(=O)c2cccs2)C1=O. The maximum Gasteiger partial charge on any atom is 0.325 e. The Labute approximate surface area is 131 Å². The summed E-state index contributed by atoms with van der Waals surface area (Å²) in [5, 5.41) is 4.47. The standard InChI is InChI=1S/C16H14N2O3S/c1-16(11-6-3-2-4-7-11)14(20)18(15(21)17-16)10-12(19)13-8-5-9-22-13/h2-9H,10H2,1H3,(H,17,21)/t16-/m0/s1. The lowest BCUT2D eigenvalue weighted by molar-refractivity contribution is -0.130. The zero-order chi connectivity index (χ0) is 15.7. The lowest BCUT2D eigenvalue weighted by atomic mass is 9.92. The first-order valence-electron chi connectivity index (χ1n) is 6.79. The van der Waals surface area contributed by atoms with Gasteiger partial charge in [0.1, 0.15) is 5.54 Å². The Morgan fingerprint density at radius 2 is 1.91 bits per heavy atom. The normalized spacial score (nSPS) is 21.0. The molecule has 1 fully saturated rings. The average molecular weight is 314 g/mol. The topological polar surface area (TPSA) is 66.5 Å². The number of carbonyl (C=O) groups excluding carboxylic acids is 3. The van der Waals surface area contributed by atoms with Gasteiger partial charge in [-0.05, 0) is 23.9 Å². The summed E-state index contributed by atoms with van der Waals surface area (Å²) in [5.74, 6) is -0.649. The van der Waals surface area contributed by atoms with Gasteiger partial charge in [-0.1, -0.05) is 36.4 Å². The third kappa shape index (κ3) is 2.31. The molecule has 22 heavy (non-hydrogen) atoms. The summed E-state index contributed by atoms with van der Waals surface area (Å²) >= 11 is 1.29. The van der Waals surface area contributed by atoms with E-state index in [1.54, 1.807) is 48.7 Å². The molecule has 1 atom stereocenters. The fourth-order valence-electron chi connectivity index (χ4n) is 2.47. The van der Waals surface area contributed by atoms with Gasteiger partial charge in [-0.25, -0.2) is 4.79 Å². The predicted octanol–water partition coefficient (Wildman–Crippen LogP) is 2.40. The average Bonchev–Trinajstić information content (AvgIpc) is 3.12. The second kappa shape index (κ2) is 5.38. The number of Topliss-reactive ketones (excluding diaryl/α,β-unsaturated/α-hetero) is 1. The first-order chi connectivity index (χ1) is 10.5. The number of rotatable bonds is 4. The van der Waals surface area contributed by atoms with Gasteiger partial charge in [-0.15, -0.1) is 11.3 Å². The van der Waals surface area contributed by atoms with Crippen molar-refractivity contribution < 1.29 is 14.4 Å². The van der Waals surface area contributed by atoms with Crippen LogP contribution in [-0.4, -0.2) is 29.2 Å². The summed E-state index contributed by atoms with van der Waals surface area (Å²) in [6, 6.07) is 11.9. The molecule has 0 radical (unpaired) electrons. The fourth-order valence-corrected chi connectivity index (χ4v) is 3.12. The van der Waals surface area contributed by atoms with Gasteiger partial charge in [0.2, 0.25) is 0 Å². The van der Waals surface area contributed by atoms with E-state index in [-0.39, 0.29) is 12.3 Å². The van der Waals surface area contributed by atoms with E-state index < -0.39 is 17.5 Å². The Balaban J connectivity index is 1.84. The van der Waals surface area contributed by atoms with Crippen LogP contribution in [0.15, 0.2) is 47.8 Å². The smallest absolute Gasteiger partial charge is 0.319 e. The largest absolute Gasteiger partial charge is 0.325 e. The van der Waals surface area contributed by atoms with Gasteiger partial charge in [-0.3, -0.25) is 14.5 Å². The number of amides is 3. The number of urea groups is 1. The molecule has 0 bridgehead atoms.